The van der Waals surface area contributed by atoms with E-state index in [9.17, 15) is 14.4 Å². The lowest BCUT2D eigenvalue weighted by Gasteiger charge is -2.29. The fourth-order valence-corrected chi connectivity index (χ4v) is 5.37. The van der Waals surface area contributed by atoms with Crippen molar-refractivity contribution >= 4 is 39.1 Å². The van der Waals surface area contributed by atoms with Crippen LogP contribution in [0.1, 0.15) is 34.3 Å². The van der Waals surface area contributed by atoms with Crippen LogP contribution in [0, 0.1) is 6.92 Å². The van der Waals surface area contributed by atoms with Gasteiger partial charge in [-0.2, -0.15) is 0 Å². The molecule has 1 saturated heterocycles. The number of thiophene rings is 1. The maximum absolute atomic E-state index is 12.8. The fourth-order valence-electron chi connectivity index (χ4n) is 4.17. The molecule has 140 valence electrons. The molecule has 2 aliphatic heterocycles. The summed E-state index contributed by atoms with van der Waals surface area (Å²) in [6.45, 7) is 2.53. The molecule has 0 radical (unpaired) electrons. The lowest BCUT2D eigenvalue weighted by Crippen LogP contribution is -2.52. The maximum atomic E-state index is 12.8. The molecule has 0 bridgehead atoms. The summed E-state index contributed by atoms with van der Waals surface area (Å²) in [5.74, 6) is -0.782. The molecular formula is C22H18N2O3S. The van der Waals surface area contributed by atoms with Gasteiger partial charge in [-0.05, 0) is 53.6 Å². The molecule has 6 heteroatoms. The standard InChI is InChI=1S/C22H18N2O3S/c1-12-15-4-2-3-5-18(15)28-20(12)13-6-7-16-14(10-13)11-24(22(16)27)17-8-9-19(25)23-21(17)26/h2-7,10,17H,8-9,11H2,1H3,(H,23,25,26). The fraction of sp³-hybridized carbons (Fsp3) is 0.227. The Labute approximate surface area is 166 Å². The monoisotopic (exact) mass is 390 g/mol. The number of rotatable bonds is 2. The zero-order chi connectivity index (χ0) is 19.4. The van der Waals surface area contributed by atoms with Crippen LogP contribution < -0.4 is 5.32 Å². The molecule has 3 aromatic rings. The van der Waals surface area contributed by atoms with E-state index in [1.807, 2.05) is 24.3 Å². The number of hydrogen-bond acceptors (Lipinski definition) is 4. The van der Waals surface area contributed by atoms with Gasteiger partial charge in [-0.1, -0.05) is 24.3 Å². The SMILES string of the molecule is Cc1c(-c2ccc3c(c2)CN(C2CCC(=O)NC2=O)C3=O)sc2ccccc12. The second-order valence-corrected chi connectivity index (χ2v) is 8.38. The van der Waals surface area contributed by atoms with Crippen LogP contribution in [-0.2, 0) is 16.1 Å². The number of nitrogens with one attached hydrogen (secondary N) is 1. The third kappa shape index (κ3) is 2.56. The number of imide groups is 1. The smallest absolute Gasteiger partial charge is 0.255 e. The van der Waals surface area contributed by atoms with Crippen LogP contribution in [0.3, 0.4) is 0 Å². The van der Waals surface area contributed by atoms with E-state index in [0.717, 1.165) is 11.1 Å². The van der Waals surface area contributed by atoms with Crippen LogP contribution in [-0.4, -0.2) is 28.7 Å². The lowest BCUT2D eigenvalue weighted by atomic mass is 10.0. The number of amides is 3. The molecule has 2 aliphatic rings. The summed E-state index contributed by atoms with van der Waals surface area (Å²) in [4.78, 5) is 39.2. The Balaban J connectivity index is 1.50. The second-order valence-electron chi connectivity index (χ2n) is 7.32. The third-order valence-electron chi connectivity index (χ3n) is 5.63. The largest absolute Gasteiger partial charge is 0.322 e. The first-order chi connectivity index (χ1) is 13.5. The molecule has 1 unspecified atom stereocenters. The number of hydrogen-bond donors (Lipinski definition) is 1. The molecule has 5 rings (SSSR count). The number of nitrogens with zero attached hydrogens (tertiary/aromatic N) is 1. The molecule has 5 nitrogen and oxygen atoms in total. The van der Waals surface area contributed by atoms with Crippen molar-refractivity contribution in [2.24, 2.45) is 0 Å². The Kier molecular flexibility index (Phi) is 3.84. The van der Waals surface area contributed by atoms with E-state index < -0.39 is 6.04 Å². The average Bonchev–Trinajstić information content (AvgIpc) is 3.19. The Morgan fingerprint density at radius 1 is 1.11 bits per heavy atom. The van der Waals surface area contributed by atoms with Crippen molar-refractivity contribution in [3.8, 4) is 10.4 Å². The predicted molar refractivity (Wildman–Crippen MR) is 108 cm³/mol. The van der Waals surface area contributed by atoms with Crippen molar-refractivity contribution < 1.29 is 14.4 Å². The van der Waals surface area contributed by atoms with E-state index >= 15 is 0 Å². The first-order valence-electron chi connectivity index (χ1n) is 9.29. The minimum Gasteiger partial charge on any atom is -0.322 e. The minimum atomic E-state index is -0.577. The lowest BCUT2D eigenvalue weighted by molar-refractivity contribution is -0.136. The molecule has 0 saturated carbocycles. The van der Waals surface area contributed by atoms with Gasteiger partial charge in [0.25, 0.3) is 5.91 Å². The number of aryl methyl sites for hydroxylation is 1. The molecule has 0 spiro atoms. The molecule has 1 aromatic heterocycles. The summed E-state index contributed by atoms with van der Waals surface area (Å²) < 4.78 is 1.25. The topological polar surface area (TPSA) is 66.5 Å². The van der Waals surface area contributed by atoms with E-state index in [2.05, 4.69) is 30.4 Å². The molecule has 1 atom stereocenters. The van der Waals surface area contributed by atoms with Crippen molar-refractivity contribution in [1.29, 1.82) is 0 Å². The van der Waals surface area contributed by atoms with E-state index in [1.165, 1.54) is 20.5 Å². The van der Waals surface area contributed by atoms with Gasteiger partial charge in [0.15, 0.2) is 0 Å². The highest BCUT2D eigenvalue weighted by Gasteiger charge is 2.39. The van der Waals surface area contributed by atoms with E-state index in [0.29, 0.717) is 18.5 Å². The zero-order valence-corrected chi connectivity index (χ0v) is 16.1. The summed E-state index contributed by atoms with van der Waals surface area (Å²) >= 11 is 1.75. The highest BCUT2D eigenvalue weighted by atomic mass is 32.1. The van der Waals surface area contributed by atoms with Crippen LogP contribution in [0.15, 0.2) is 42.5 Å². The number of piperidine rings is 1. The van der Waals surface area contributed by atoms with Crippen LogP contribution in [0.25, 0.3) is 20.5 Å². The maximum Gasteiger partial charge on any atom is 0.255 e. The van der Waals surface area contributed by atoms with E-state index in [4.69, 9.17) is 0 Å². The summed E-state index contributed by atoms with van der Waals surface area (Å²) in [7, 11) is 0. The summed E-state index contributed by atoms with van der Waals surface area (Å²) in [6, 6.07) is 13.7. The Hall–Kier alpha value is -2.99. The summed E-state index contributed by atoms with van der Waals surface area (Å²) in [5.41, 5.74) is 3.92. The molecule has 0 aliphatic carbocycles. The minimum absolute atomic E-state index is 0.135. The van der Waals surface area contributed by atoms with Crippen molar-refractivity contribution in [2.45, 2.75) is 32.4 Å². The van der Waals surface area contributed by atoms with Gasteiger partial charge in [-0.3, -0.25) is 19.7 Å². The highest BCUT2D eigenvalue weighted by molar-refractivity contribution is 7.22. The van der Waals surface area contributed by atoms with Crippen molar-refractivity contribution in [3.05, 3.63) is 59.2 Å². The zero-order valence-electron chi connectivity index (χ0n) is 15.3. The van der Waals surface area contributed by atoms with Crippen LogP contribution in [0.5, 0.6) is 0 Å². The molecule has 1 fully saturated rings. The van der Waals surface area contributed by atoms with Crippen LogP contribution in [0.4, 0.5) is 0 Å². The average molecular weight is 390 g/mol. The summed E-state index contributed by atoms with van der Waals surface area (Å²) in [5, 5.41) is 3.60. The summed E-state index contributed by atoms with van der Waals surface area (Å²) in [6.07, 6.45) is 0.648. The van der Waals surface area contributed by atoms with Crippen LogP contribution >= 0.6 is 11.3 Å². The van der Waals surface area contributed by atoms with Crippen molar-refractivity contribution in [1.82, 2.24) is 10.2 Å². The van der Waals surface area contributed by atoms with Gasteiger partial charge in [-0.15, -0.1) is 11.3 Å². The van der Waals surface area contributed by atoms with Gasteiger partial charge >= 0.3 is 0 Å². The Morgan fingerprint density at radius 2 is 1.93 bits per heavy atom. The number of benzene rings is 2. The second kappa shape index (κ2) is 6.27. The van der Waals surface area contributed by atoms with E-state index in [1.54, 1.807) is 16.2 Å². The van der Waals surface area contributed by atoms with Gasteiger partial charge in [0.05, 0.1) is 0 Å². The van der Waals surface area contributed by atoms with Gasteiger partial charge in [0.1, 0.15) is 6.04 Å². The van der Waals surface area contributed by atoms with Gasteiger partial charge in [-0.25, -0.2) is 0 Å². The molecule has 3 amide bonds. The van der Waals surface area contributed by atoms with Crippen LogP contribution in [0.2, 0.25) is 0 Å². The third-order valence-corrected chi connectivity index (χ3v) is 6.95. The highest BCUT2D eigenvalue weighted by Crippen LogP contribution is 2.39. The van der Waals surface area contributed by atoms with E-state index in [-0.39, 0.29) is 24.1 Å². The van der Waals surface area contributed by atoms with Gasteiger partial charge in [0.2, 0.25) is 11.8 Å². The molecule has 3 heterocycles. The van der Waals surface area contributed by atoms with Crippen molar-refractivity contribution in [3.63, 3.8) is 0 Å². The molecule has 2 aromatic carbocycles. The van der Waals surface area contributed by atoms with Gasteiger partial charge < -0.3 is 4.90 Å². The Morgan fingerprint density at radius 3 is 2.71 bits per heavy atom. The van der Waals surface area contributed by atoms with Crippen molar-refractivity contribution in [2.75, 3.05) is 0 Å². The molecule has 1 N–H and O–H groups in total. The Bertz CT molecular complexity index is 1160. The number of carbonyl (C=O) groups is 3. The normalized spacial score (nSPS) is 19.2. The van der Waals surface area contributed by atoms with Gasteiger partial charge in [0, 0.05) is 28.1 Å². The molecular weight excluding hydrogens is 372 g/mol. The predicted octanol–water partition coefficient (Wildman–Crippen LogP) is 3.64. The number of carbonyl (C=O) groups excluding carboxylic acids is 3. The number of fused-ring (bicyclic) bond motifs is 2. The first kappa shape index (κ1) is 17.1. The molecule has 28 heavy (non-hydrogen) atoms. The first-order valence-corrected chi connectivity index (χ1v) is 10.1. The quantitative estimate of drug-likeness (QED) is 0.680.